The van der Waals surface area contributed by atoms with Crippen molar-refractivity contribution in [1.82, 2.24) is 15.5 Å². The second-order valence-electron chi connectivity index (χ2n) is 3.16. The minimum atomic E-state index is -4.53. The SMILES string of the molecule is FC(F)(F)c1noc(CNC2CC2)n1. The summed E-state index contributed by atoms with van der Waals surface area (Å²) >= 11 is 0. The molecule has 1 aromatic heterocycles. The average Bonchev–Trinajstić information content (AvgIpc) is 2.77. The van der Waals surface area contributed by atoms with Gasteiger partial charge in [-0.05, 0) is 12.8 Å². The standard InChI is InChI=1S/C7H8F3N3O/c8-7(9,10)6-12-5(14-13-6)3-11-4-1-2-4/h4,11H,1-3H2. The minimum absolute atomic E-state index is 0.0239. The molecule has 14 heavy (non-hydrogen) atoms. The number of alkyl halides is 3. The minimum Gasteiger partial charge on any atom is -0.338 e. The molecule has 0 saturated heterocycles. The molecule has 1 aliphatic carbocycles. The van der Waals surface area contributed by atoms with Crippen LogP contribution in [0, 0.1) is 0 Å². The van der Waals surface area contributed by atoms with Crippen molar-refractivity contribution in [3.63, 3.8) is 0 Å². The average molecular weight is 207 g/mol. The highest BCUT2D eigenvalue weighted by molar-refractivity contribution is 4.92. The third kappa shape index (κ3) is 2.22. The van der Waals surface area contributed by atoms with Gasteiger partial charge in [0.05, 0.1) is 6.54 Å². The van der Waals surface area contributed by atoms with E-state index in [4.69, 9.17) is 0 Å². The van der Waals surface area contributed by atoms with Crippen LogP contribution >= 0.6 is 0 Å². The molecule has 0 aliphatic heterocycles. The smallest absolute Gasteiger partial charge is 0.338 e. The number of rotatable bonds is 3. The lowest BCUT2D eigenvalue weighted by atomic mass is 10.5. The predicted molar refractivity (Wildman–Crippen MR) is 39.2 cm³/mol. The highest BCUT2D eigenvalue weighted by atomic mass is 19.4. The van der Waals surface area contributed by atoms with E-state index in [1.165, 1.54) is 0 Å². The van der Waals surface area contributed by atoms with Crippen molar-refractivity contribution in [1.29, 1.82) is 0 Å². The van der Waals surface area contributed by atoms with E-state index in [0.29, 0.717) is 6.04 Å². The summed E-state index contributed by atoms with van der Waals surface area (Å²) in [5.74, 6) is -1.24. The van der Waals surface area contributed by atoms with Crippen molar-refractivity contribution in [2.45, 2.75) is 31.6 Å². The Labute approximate surface area is 77.5 Å². The molecule has 0 bridgehead atoms. The molecule has 4 nitrogen and oxygen atoms in total. The van der Waals surface area contributed by atoms with Crippen LogP contribution in [0.2, 0.25) is 0 Å². The summed E-state index contributed by atoms with van der Waals surface area (Å²) in [4.78, 5) is 3.22. The number of hydrogen-bond acceptors (Lipinski definition) is 4. The number of halogens is 3. The molecule has 1 saturated carbocycles. The first kappa shape index (κ1) is 9.45. The van der Waals surface area contributed by atoms with Gasteiger partial charge in [0.15, 0.2) is 0 Å². The summed E-state index contributed by atoms with van der Waals surface area (Å²) in [6.07, 6.45) is -2.41. The van der Waals surface area contributed by atoms with E-state index < -0.39 is 12.0 Å². The highest BCUT2D eigenvalue weighted by Gasteiger charge is 2.37. The van der Waals surface area contributed by atoms with Crippen LogP contribution in [-0.4, -0.2) is 16.2 Å². The first-order valence-electron chi connectivity index (χ1n) is 4.19. The quantitative estimate of drug-likeness (QED) is 0.812. The van der Waals surface area contributed by atoms with E-state index in [1.807, 2.05) is 0 Å². The van der Waals surface area contributed by atoms with Crippen LogP contribution in [0.4, 0.5) is 13.2 Å². The molecule has 1 heterocycles. The van der Waals surface area contributed by atoms with Crippen LogP contribution in [0.3, 0.4) is 0 Å². The van der Waals surface area contributed by atoms with Crippen LogP contribution in [-0.2, 0) is 12.7 Å². The van der Waals surface area contributed by atoms with Crippen molar-refractivity contribution in [3.8, 4) is 0 Å². The van der Waals surface area contributed by atoms with Gasteiger partial charge in [0.1, 0.15) is 0 Å². The van der Waals surface area contributed by atoms with Crippen molar-refractivity contribution in [2.75, 3.05) is 0 Å². The Kier molecular flexibility index (Phi) is 2.18. The zero-order valence-electron chi connectivity index (χ0n) is 7.14. The number of nitrogens with one attached hydrogen (secondary N) is 1. The molecule has 0 unspecified atom stereocenters. The fraction of sp³-hybridized carbons (Fsp3) is 0.714. The monoisotopic (exact) mass is 207 g/mol. The predicted octanol–water partition coefficient (Wildman–Crippen LogP) is 1.34. The number of nitrogens with zero attached hydrogens (tertiary/aromatic N) is 2. The van der Waals surface area contributed by atoms with Crippen LogP contribution in [0.25, 0.3) is 0 Å². The third-order valence-electron chi connectivity index (χ3n) is 1.84. The molecular formula is C7H8F3N3O. The topological polar surface area (TPSA) is 51.0 Å². The molecule has 1 aromatic rings. The van der Waals surface area contributed by atoms with E-state index in [9.17, 15) is 13.2 Å². The van der Waals surface area contributed by atoms with Gasteiger partial charge in [-0.2, -0.15) is 18.2 Å². The largest absolute Gasteiger partial charge is 0.455 e. The van der Waals surface area contributed by atoms with E-state index in [2.05, 4.69) is 20.0 Å². The molecule has 7 heteroatoms. The van der Waals surface area contributed by atoms with Gasteiger partial charge >= 0.3 is 6.18 Å². The van der Waals surface area contributed by atoms with Gasteiger partial charge < -0.3 is 9.84 Å². The molecule has 2 rings (SSSR count). The maximum absolute atomic E-state index is 12.0. The van der Waals surface area contributed by atoms with Crippen LogP contribution in [0.15, 0.2) is 4.52 Å². The summed E-state index contributed by atoms with van der Waals surface area (Å²) < 4.78 is 40.4. The summed E-state index contributed by atoms with van der Waals surface area (Å²) in [7, 11) is 0. The van der Waals surface area contributed by atoms with E-state index in [0.717, 1.165) is 12.8 Å². The Bertz CT molecular complexity index is 318. The van der Waals surface area contributed by atoms with Gasteiger partial charge in [0.25, 0.3) is 5.82 Å². The second-order valence-corrected chi connectivity index (χ2v) is 3.16. The summed E-state index contributed by atoms with van der Waals surface area (Å²) in [5, 5.41) is 5.81. The molecule has 1 fully saturated rings. The van der Waals surface area contributed by atoms with Crippen molar-refractivity contribution in [2.24, 2.45) is 0 Å². The van der Waals surface area contributed by atoms with Gasteiger partial charge in [-0.15, -0.1) is 0 Å². The Morgan fingerprint density at radius 2 is 2.14 bits per heavy atom. The zero-order chi connectivity index (χ0) is 10.2. The molecular weight excluding hydrogens is 199 g/mol. The lowest BCUT2D eigenvalue weighted by Gasteiger charge is -1.97. The van der Waals surface area contributed by atoms with Crippen molar-refractivity contribution < 1.29 is 17.7 Å². The molecule has 78 valence electrons. The fourth-order valence-corrected chi connectivity index (χ4v) is 0.961. The summed E-state index contributed by atoms with van der Waals surface area (Å²) in [5.41, 5.74) is 0. The Morgan fingerprint density at radius 3 is 2.64 bits per heavy atom. The molecule has 0 aromatic carbocycles. The summed E-state index contributed by atoms with van der Waals surface area (Å²) in [6, 6.07) is 0.399. The van der Waals surface area contributed by atoms with E-state index in [-0.39, 0.29) is 12.4 Å². The molecule has 0 amide bonds. The number of aromatic nitrogens is 2. The van der Waals surface area contributed by atoms with Gasteiger partial charge in [-0.1, -0.05) is 5.16 Å². The molecule has 0 radical (unpaired) electrons. The first-order valence-corrected chi connectivity index (χ1v) is 4.19. The number of hydrogen-bond donors (Lipinski definition) is 1. The van der Waals surface area contributed by atoms with Gasteiger partial charge in [0.2, 0.25) is 5.89 Å². The van der Waals surface area contributed by atoms with Crippen LogP contribution in [0.1, 0.15) is 24.6 Å². The maximum atomic E-state index is 12.0. The maximum Gasteiger partial charge on any atom is 0.455 e. The zero-order valence-corrected chi connectivity index (χ0v) is 7.14. The highest BCUT2D eigenvalue weighted by Crippen LogP contribution is 2.26. The van der Waals surface area contributed by atoms with E-state index in [1.54, 1.807) is 0 Å². The molecule has 0 spiro atoms. The first-order chi connectivity index (χ1) is 6.55. The Morgan fingerprint density at radius 1 is 1.43 bits per heavy atom. The molecule has 1 aliphatic rings. The second kappa shape index (κ2) is 3.23. The molecule has 1 N–H and O–H groups in total. The van der Waals surface area contributed by atoms with Crippen molar-refractivity contribution >= 4 is 0 Å². The Balaban J connectivity index is 1.94. The van der Waals surface area contributed by atoms with Gasteiger partial charge in [-0.3, -0.25) is 0 Å². The third-order valence-corrected chi connectivity index (χ3v) is 1.84. The van der Waals surface area contributed by atoms with Crippen molar-refractivity contribution in [3.05, 3.63) is 11.7 Å². The van der Waals surface area contributed by atoms with Gasteiger partial charge in [0, 0.05) is 6.04 Å². The lowest BCUT2D eigenvalue weighted by Crippen LogP contribution is -2.16. The van der Waals surface area contributed by atoms with Gasteiger partial charge in [-0.25, -0.2) is 0 Å². The van der Waals surface area contributed by atoms with Crippen LogP contribution < -0.4 is 5.32 Å². The normalized spacial score (nSPS) is 17.4. The van der Waals surface area contributed by atoms with E-state index >= 15 is 0 Å². The fourth-order valence-electron chi connectivity index (χ4n) is 0.961. The van der Waals surface area contributed by atoms with Crippen LogP contribution in [0.5, 0.6) is 0 Å². The summed E-state index contributed by atoms with van der Waals surface area (Å²) in [6.45, 7) is 0.202. The lowest BCUT2D eigenvalue weighted by molar-refractivity contribution is -0.146. The Hall–Kier alpha value is -1.11. The molecule has 0 atom stereocenters.